The number of carbonyl (C=O) groups is 1. The zero-order chi connectivity index (χ0) is 14.7. The second-order valence-electron chi connectivity index (χ2n) is 5.54. The predicted molar refractivity (Wildman–Crippen MR) is 75.9 cm³/mol. The third kappa shape index (κ3) is 3.61. The van der Waals surface area contributed by atoms with Crippen molar-refractivity contribution >= 4 is 5.91 Å². The smallest absolute Gasteiger partial charge is 0.236 e. The van der Waals surface area contributed by atoms with Crippen molar-refractivity contribution in [3.8, 4) is 0 Å². The quantitative estimate of drug-likeness (QED) is 0.846. The maximum Gasteiger partial charge on any atom is 0.236 e. The molecule has 2 fully saturated rings. The van der Waals surface area contributed by atoms with Gasteiger partial charge in [0.2, 0.25) is 5.91 Å². The van der Waals surface area contributed by atoms with Crippen molar-refractivity contribution in [3.05, 3.63) is 17.7 Å². The molecule has 116 valence electrons. The van der Waals surface area contributed by atoms with Gasteiger partial charge in [0.05, 0.1) is 32.9 Å². The van der Waals surface area contributed by atoms with Crippen molar-refractivity contribution in [2.24, 2.45) is 0 Å². The molecule has 3 heterocycles. The van der Waals surface area contributed by atoms with E-state index in [4.69, 9.17) is 9.47 Å². The van der Waals surface area contributed by atoms with Gasteiger partial charge in [0.25, 0.3) is 0 Å². The Morgan fingerprint density at radius 1 is 1.38 bits per heavy atom. The van der Waals surface area contributed by atoms with Crippen molar-refractivity contribution in [1.82, 2.24) is 19.8 Å². The summed E-state index contributed by atoms with van der Waals surface area (Å²) in [6, 6.07) is 0. The number of amides is 1. The molecule has 1 N–H and O–H groups in total. The number of aromatic nitrogens is 2. The predicted octanol–water partition coefficient (Wildman–Crippen LogP) is -0.0498. The van der Waals surface area contributed by atoms with Gasteiger partial charge < -0.3 is 19.4 Å². The van der Waals surface area contributed by atoms with E-state index in [1.807, 2.05) is 11.8 Å². The van der Waals surface area contributed by atoms with E-state index in [0.717, 1.165) is 24.6 Å². The minimum atomic E-state index is -0.152. The number of carbonyl (C=O) groups excluding carboxylic acids is 1. The van der Waals surface area contributed by atoms with Crippen LogP contribution in [0.3, 0.4) is 0 Å². The third-order valence-electron chi connectivity index (χ3n) is 3.91. The minimum absolute atomic E-state index is 0.152. The normalized spacial score (nSPS) is 24.2. The molecule has 1 aromatic heterocycles. The molecule has 0 radical (unpaired) electrons. The lowest BCUT2D eigenvalue weighted by atomic mass is 10.2. The summed E-state index contributed by atoms with van der Waals surface area (Å²) in [5, 5.41) is 0. The molecule has 7 heteroatoms. The molecule has 21 heavy (non-hydrogen) atoms. The standard InChI is InChI=1S/C14H22N4O3/c1-11-8-15-14(16-11)12-9-18(4-7-21-12)13(19)10-17-2-5-20-6-3-17/h8,12H,2-7,9-10H2,1H3,(H,15,16)/t12-/m1/s1. The highest BCUT2D eigenvalue weighted by Gasteiger charge is 2.28. The highest BCUT2D eigenvalue weighted by Crippen LogP contribution is 2.19. The third-order valence-corrected chi connectivity index (χ3v) is 3.91. The zero-order valence-corrected chi connectivity index (χ0v) is 12.4. The van der Waals surface area contributed by atoms with Crippen molar-refractivity contribution in [2.45, 2.75) is 13.0 Å². The second-order valence-corrected chi connectivity index (χ2v) is 5.54. The number of morpholine rings is 2. The fourth-order valence-corrected chi connectivity index (χ4v) is 2.69. The summed E-state index contributed by atoms with van der Waals surface area (Å²) < 4.78 is 11.0. The number of nitrogens with one attached hydrogen (secondary N) is 1. The maximum atomic E-state index is 12.4. The highest BCUT2D eigenvalue weighted by molar-refractivity contribution is 5.78. The van der Waals surface area contributed by atoms with Gasteiger partial charge in [0.15, 0.2) is 0 Å². The van der Waals surface area contributed by atoms with Gasteiger partial charge in [-0.1, -0.05) is 0 Å². The Kier molecular flexibility index (Phi) is 4.52. The Bertz CT molecular complexity index is 484. The Labute approximate surface area is 124 Å². The first-order chi connectivity index (χ1) is 10.2. The summed E-state index contributed by atoms with van der Waals surface area (Å²) in [7, 11) is 0. The molecular weight excluding hydrogens is 272 g/mol. The van der Waals surface area contributed by atoms with Gasteiger partial charge in [-0.25, -0.2) is 4.98 Å². The molecule has 7 nitrogen and oxygen atoms in total. The van der Waals surface area contributed by atoms with E-state index in [-0.39, 0.29) is 12.0 Å². The van der Waals surface area contributed by atoms with E-state index in [1.165, 1.54) is 0 Å². The number of aryl methyl sites for hydroxylation is 1. The van der Waals surface area contributed by atoms with Gasteiger partial charge in [0.1, 0.15) is 11.9 Å². The topological polar surface area (TPSA) is 70.7 Å². The Morgan fingerprint density at radius 3 is 2.90 bits per heavy atom. The molecular formula is C14H22N4O3. The van der Waals surface area contributed by atoms with E-state index in [0.29, 0.717) is 39.5 Å². The van der Waals surface area contributed by atoms with Gasteiger partial charge in [-0.2, -0.15) is 0 Å². The molecule has 2 aliphatic heterocycles. The number of aromatic amines is 1. The average molecular weight is 294 g/mol. The summed E-state index contributed by atoms with van der Waals surface area (Å²) in [6.45, 7) is 7.28. The maximum absolute atomic E-state index is 12.4. The van der Waals surface area contributed by atoms with Crippen LogP contribution >= 0.6 is 0 Å². The second kappa shape index (κ2) is 6.55. The van der Waals surface area contributed by atoms with Crippen molar-refractivity contribution in [3.63, 3.8) is 0 Å². The van der Waals surface area contributed by atoms with Crippen LogP contribution in [-0.2, 0) is 14.3 Å². The van der Waals surface area contributed by atoms with Crippen LogP contribution in [-0.4, -0.2) is 78.2 Å². The first-order valence-corrected chi connectivity index (χ1v) is 7.43. The summed E-state index contributed by atoms with van der Waals surface area (Å²) in [5.41, 5.74) is 1.00. The highest BCUT2D eigenvalue weighted by atomic mass is 16.5. The average Bonchev–Trinajstić information content (AvgIpc) is 2.95. The van der Waals surface area contributed by atoms with Crippen LogP contribution in [0.5, 0.6) is 0 Å². The van der Waals surface area contributed by atoms with Crippen molar-refractivity contribution in [2.75, 3.05) is 52.5 Å². The van der Waals surface area contributed by atoms with E-state index in [1.54, 1.807) is 6.20 Å². The molecule has 0 aromatic carbocycles. The van der Waals surface area contributed by atoms with Gasteiger partial charge in [-0.3, -0.25) is 9.69 Å². The molecule has 0 bridgehead atoms. The van der Waals surface area contributed by atoms with Gasteiger partial charge >= 0.3 is 0 Å². The number of rotatable bonds is 3. The van der Waals surface area contributed by atoms with Crippen molar-refractivity contribution < 1.29 is 14.3 Å². The molecule has 2 saturated heterocycles. The van der Waals surface area contributed by atoms with E-state index >= 15 is 0 Å². The summed E-state index contributed by atoms with van der Waals surface area (Å²) in [6.07, 6.45) is 1.63. The fourth-order valence-electron chi connectivity index (χ4n) is 2.69. The molecule has 1 atom stereocenters. The number of imidazole rings is 1. The van der Waals surface area contributed by atoms with E-state index in [2.05, 4.69) is 14.9 Å². The number of nitrogens with zero attached hydrogens (tertiary/aromatic N) is 3. The lowest BCUT2D eigenvalue weighted by molar-refractivity contribution is -0.141. The van der Waals surface area contributed by atoms with E-state index < -0.39 is 0 Å². The molecule has 0 unspecified atom stereocenters. The Balaban J connectivity index is 1.56. The summed E-state index contributed by atoms with van der Waals surface area (Å²) in [4.78, 5) is 23.9. The Hall–Kier alpha value is -1.44. The van der Waals surface area contributed by atoms with Gasteiger partial charge in [-0.05, 0) is 6.92 Å². The van der Waals surface area contributed by atoms with Gasteiger partial charge in [0, 0.05) is 31.5 Å². The molecule has 1 aromatic rings. The molecule has 1 amide bonds. The lowest BCUT2D eigenvalue weighted by Crippen LogP contribution is -2.48. The first-order valence-electron chi connectivity index (χ1n) is 7.43. The number of hydrogen-bond acceptors (Lipinski definition) is 5. The van der Waals surface area contributed by atoms with Crippen LogP contribution in [0.2, 0.25) is 0 Å². The molecule has 2 aliphatic rings. The summed E-state index contributed by atoms with van der Waals surface area (Å²) >= 11 is 0. The monoisotopic (exact) mass is 294 g/mol. The van der Waals surface area contributed by atoms with Crippen LogP contribution in [0.25, 0.3) is 0 Å². The molecule has 3 rings (SSSR count). The van der Waals surface area contributed by atoms with Crippen LogP contribution in [0, 0.1) is 6.92 Å². The van der Waals surface area contributed by atoms with Crippen molar-refractivity contribution in [1.29, 1.82) is 0 Å². The van der Waals surface area contributed by atoms with Crippen LogP contribution in [0.15, 0.2) is 6.20 Å². The number of hydrogen-bond donors (Lipinski definition) is 1. The number of H-pyrrole nitrogens is 1. The summed E-state index contributed by atoms with van der Waals surface area (Å²) in [5.74, 6) is 0.963. The van der Waals surface area contributed by atoms with Crippen LogP contribution in [0.4, 0.5) is 0 Å². The van der Waals surface area contributed by atoms with E-state index in [9.17, 15) is 4.79 Å². The Morgan fingerprint density at radius 2 is 2.19 bits per heavy atom. The lowest BCUT2D eigenvalue weighted by Gasteiger charge is -2.34. The first kappa shape index (κ1) is 14.5. The van der Waals surface area contributed by atoms with Gasteiger partial charge in [-0.15, -0.1) is 0 Å². The van der Waals surface area contributed by atoms with Crippen LogP contribution in [0.1, 0.15) is 17.6 Å². The molecule has 0 spiro atoms. The largest absolute Gasteiger partial charge is 0.379 e. The fraction of sp³-hybridized carbons (Fsp3) is 0.714. The molecule has 0 aliphatic carbocycles. The van der Waals surface area contributed by atoms with Crippen LogP contribution < -0.4 is 0 Å². The SMILES string of the molecule is Cc1cnc([C@H]2CN(C(=O)CN3CCOCC3)CCO2)[nH]1. The zero-order valence-electron chi connectivity index (χ0n) is 12.4. The minimum Gasteiger partial charge on any atom is -0.379 e. The number of ether oxygens (including phenoxy) is 2. The molecule has 0 saturated carbocycles.